The fraction of sp³-hybridized carbons (Fsp3) is 0.200. The summed E-state index contributed by atoms with van der Waals surface area (Å²) in [7, 11) is 0. The van der Waals surface area contributed by atoms with Gasteiger partial charge in [0.1, 0.15) is 1.43 Å². The molecule has 0 saturated carbocycles. The van der Waals surface area contributed by atoms with Gasteiger partial charge in [-0.05, 0) is 0 Å². The maximum Gasteiger partial charge on any atom is 0.110 e. The summed E-state index contributed by atoms with van der Waals surface area (Å²) in [5.41, 5.74) is 0. The lowest BCUT2D eigenvalue weighted by Gasteiger charge is -2.02. The van der Waals surface area contributed by atoms with Crippen LogP contribution in [-0.2, 0) is 0 Å². The molecular formula is C5H4I2. The predicted octanol–water partition coefficient (Wildman–Crippen LogP) is 2.68. The van der Waals surface area contributed by atoms with Crippen molar-refractivity contribution in [3.05, 3.63) is 24.3 Å². The van der Waals surface area contributed by atoms with E-state index in [1.807, 2.05) is 0 Å². The van der Waals surface area contributed by atoms with Gasteiger partial charge in [-0.25, -0.2) is 0 Å². The Hall–Kier alpha value is 0.940. The third-order valence-corrected chi connectivity index (χ3v) is 2.19. The van der Waals surface area contributed by atoms with Crippen molar-refractivity contribution in [3.8, 4) is 0 Å². The van der Waals surface area contributed by atoms with Crippen molar-refractivity contribution in [2.24, 2.45) is 0 Å². The first kappa shape index (κ1) is 6.07. The summed E-state index contributed by atoms with van der Waals surface area (Å²) in [6, 6.07) is 0. The number of rotatable bonds is 0. The van der Waals surface area contributed by atoms with Gasteiger partial charge >= 0.3 is 0 Å². The molecule has 0 aromatic heterocycles. The van der Waals surface area contributed by atoms with Crippen molar-refractivity contribution in [1.29, 1.82) is 0 Å². The quantitative estimate of drug-likeness (QED) is 0.476. The SMILES string of the molecule is IC1(I)C=CC=C1. The van der Waals surface area contributed by atoms with Crippen molar-refractivity contribution in [2.45, 2.75) is 1.43 Å². The highest BCUT2D eigenvalue weighted by Crippen LogP contribution is 2.33. The molecule has 0 heterocycles. The summed E-state index contributed by atoms with van der Waals surface area (Å²) >= 11 is 4.76. The van der Waals surface area contributed by atoms with Gasteiger partial charge in [-0.3, -0.25) is 0 Å². The molecule has 0 saturated heterocycles. The van der Waals surface area contributed by atoms with Crippen LogP contribution in [0.5, 0.6) is 0 Å². The first-order chi connectivity index (χ1) is 3.21. The minimum absolute atomic E-state index is 0.273. The molecule has 0 radical (unpaired) electrons. The Morgan fingerprint density at radius 1 is 1.00 bits per heavy atom. The Bertz CT molecular complexity index is 108. The molecule has 0 nitrogen and oxygen atoms in total. The zero-order valence-corrected chi connectivity index (χ0v) is 7.88. The molecule has 0 aliphatic heterocycles. The maximum absolute atomic E-state index is 2.38. The molecule has 0 aromatic rings. The summed E-state index contributed by atoms with van der Waals surface area (Å²) in [4.78, 5) is 0. The zero-order valence-electron chi connectivity index (χ0n) is 3.57. The molecule has 38 valence electrons. The lowest BCUT2D eigenvalue weighted by Crippen LogP contribution is -1.94. The summed E-state index contributed by atoms with van der Waals surface area (Å²) in [5, 5.41) is 0. The molecule has 0 unspecified atom stereocenters. The van der Waals surface area contributed by atoms with Crippen molar-refractivity contribution in [1.82, 2.24) is 0 Å². The van der Waals surface area contributed by atoms with E-state index in [1.165, 1.54) is 0 Å². The van der Waals surface area contributed by atoms with Crippen molar-refractivity contribution < 1.29 is 0 Å². The van der Waals surface area contributed by atoms with Crippen LogP contribution in [-0.4, -0.2) is 1.43 Å². The Morgan fingerprint density at radius 3 is 1.57 bits per heavy atom. The highest BCUT2D eigenvalue weighted by atomic mass is 127. The second-order valence-electron chi connectivity index (χ2n) is 1.39. The third-order valence-electron chi connectivity index (χ3n) is 0.748. The molecule has 0 aromatic carbocycles. The summed E-state index contributed by atoms with van der Waals surface area (Å²) in [6.45, 7) is 0. The molecule has 2 heteroatoms. The second-order valence-corrected chi connectivity index (χ2v) is 7.03. The van der Waals surface area contributed by atoms with Gasteiger partial charge in [0.15, 0.2) is 0 Å². The van der Waals surface area contributed by atoms with Crippen LogP contribution in [0.3, 0.4) is 0 Å². The molecule has 0 atom stereocenters. The van der Waals surface area contributed by atoms with Gasteiger partial charge in [-0.2, -0.15) is 0 Å². The van der Waals surface area contributed by atoms with E-state index < -0.39 is 0 Å². The fourth-order valence-electron chi connectivity index (χ4n) is 0.423. The molecular weight excluding hydrogens is 314 g/mol. The summed E-state index contributed by atoms with van der Waals surface area (Å²) in [6.07, 6.45) is 8.46. The lowest BCUT2D eigenvalue weighted by molar-refractivity contribution is 1.49. The van der Waals surface area contributed by atoms with Crippen molar-refractivity contribution in [3.63, 3.8) is 0 Å². The highest BCUT2D eigenvalue weighted by Gasteiger charge is 2.14. The molecule has 7 heavy (non-hydrogen) atoms. The van der Waals surface area contributed by atoms with Crippen LogP contribution in [0.1, 0.15) is 0 Å². The van der Waals surface area contributed by atoms with Gasteiger partial charge in [-0.15, -0.1) is 0 Å². The van der Waals surface area contributed by atoms with Crippen LogP contribution in [0.2, 0.25) is 0 Å². The summed E-state index contributed by atoms with van der Waals surface area (Å²) in [5.74, 6) is 0. The summed E-state index contributed by atoms with van der Waals surface area (Å²) < 4.78 is 0.273. The minimum atomic E-state index is 0.273. The van der Waals surface area contributed by atoms with E-state index in [4.69, 9.17) is 0 Å². The fourth-order valence-corrected chi connectivity index (χ4v) is 1.25. The first-order valence-electron chi connectivity index (χ1n) is 1.96. The molecule has 0 N–H and O–H groups in total. The van der Waals surface area contributed by atoms with Crippen LogP contribution in [0, 0.1) is 0 Å². The molecule has 1 rings (SSSR count). The standard InChI is InChI=1S/C5H4I2/c6-5(7)3-1-2-4-5/h1-4H. The van der Waals surface area contributed by atoms with Crippen LogP contribution in [0.15, 0.2) is 24.3 Å². The monoisotopic (exact) mass is 318 g/mol. The van der Waals surface area contributed by atoms with Crippen LogP contribution in [0.25, 0.3) is 0 Å². The van der Waals surface area contributed by atoms with E-state index in [0.29, 0.717) is 0 Å². The molecule has 0 amide bonds. The van der Waals surface area contributed by atoms with Crippen molar-refractivity contribution in [2.75, 3.05) is 0 Å². The van der Waals surface area contributed by atoms with E-state index in [1.54, 1.807) is 0 Å². The second kappa shape index (κ2) is 2.05. The largest absolute Gasteiger partial charge is 0.110 e. The Morgan fingerprint density at radius 2 is 1.43 bits per heavy atom. The molecule has 0 fully saturated rings. The van der Waals surface area contributed by atoms with E-state index in [9.17, 15) is 0 Å². The number of alkyl halides is 2. The van der Waals surface area contributed by atoms with E-state index in [-0.39, 0.29) is 1.43 Å². The molecule has 1 aliphatic rings. The van der Waals surface area contributed by atoms with E-state index in [2.05, 4.69) is 69.5 Å². The Labute approximate surface area is 70.3 Å². The lowest BCUT2D eigenvalue weighted by atomic mass is 10.5. The minimum Gasteiger partial charge on any atom is -0.0641 e. The average molecular weight is 318 g/mol. The van der Waals surface area contributed by atoms with E-state index >= 15 is 0 Å². The molecule has 0 bridgehead atoms. The average Bonchev–Trinajstić information content (AvgIpc) is 1.84. The topological polar surface area (TPSA) is 0 Å². The van der Waals surface area contributed by atoms with Gasteiger partial charge < -0.3 is 0 Å². The van der Waals surface area contributed by atoms with E-state index in [0.717, 1.165) is 0 Å². The maximum atomic E-state index is 2.38. The van der Waals surface area contributed by atoms with Gasteiger partial charge in [0.05, 0.1) is 0 Å². The van der Waals surface area contributed by atoms with Gasteiger partial charge in [0.25, 0.3) is 0 Å². The number of halogens is 2. The number of allylic oxidation sites excluding steroid dienone is 4. The number of hydrogen-bond acceptors (Lipinski definition) is 0. The van der Waals surface area contributed by atoms with Crippen molar-refractivity contribution >= 4 is 45.2 Å². The third kappa shape index (κ3) is 1.71. The smallest absolute Gasteiger partial charge is 0.0641 e. The van der Waals surface area contributed by atoms with Crippen LogP contribution < -0.4 is 0 Å². The highest BCUT2D eigenvalue weighted by molar-refractivity contribution is 14.2. The molecule has 1 aliphatic carbocycles. The van der Waals surface area contributed by atoms with Gasteiger partial charge in [0, 0.05) is 0 Å². The molecule has 0 spiro atoms. The Balaban J connectivity index is 2.77. The van der Waals surface area contributed by atoms with Crippen LogP contribution in [0.4, 0.5) is 0 Å². The van der Waals surface area contributed by atoms with Gasteiger partial charge in [-0.1, -0.05) is 69.5 Å². The van der Waals surface area contributed by atoms with Crippen LogP contribution >= 0.6 is 45.2 Å². The normalized spacial score (nSPS) is 23.7. The Kier molecular flexibility index (Phi) is 1.77. The van der Waals surface area contributed by atoms with Gasteiger partial charge in [0.2, 0.25) is 0 Å². The first-order valence-corrected chi connectivity index (χ1v) is 4.11. The number of hydrogen-bond donors (Lipinski definition) is 0. The zero-order chi connectivity index (χ0) is 5.33. The predicted molar refractivity (Wildman–Crippen MR) is 49.1 cm³/mol.